The van der Waals surface area contributed by atoms with Gasteiger partial charge >= 0.3 is 0 Å². The SMILES string of the molecule is COc1cc(C(=O)Nc2ccc(N3CCCC3=O)cc2)c([N+](=O)[O-])cc1OC. The molecule has 1 heterocycles. The van der Waals surface area contributed by atoms with Gasteiger partial charge in [0.1, 0.15) is 5.56 Å². The molecule has 2 aromatic carbocycles. The van der Waals surface area contributed by atoms with Crippen LogP contribution in [0.5, 0.6) is 11.5 Å². The van der Waals surface area contributed by atoms with Crippen molar-refractivity contribution in [3.05, 3.63) is 52.1 Å². The fourth-order valence-corrected chi connectivity index (χ4v) is 3.05. The minimum Gasteiger partial charge on any atom is -0.493 e. The maximum Gasteiger partial charge on any atom is 0.286 e. The summed E-state index contributed by atoms with van der Waals surface area (Å²) >= 11 is 0. The molecule has 1 saturated heterocycles. The molecular formula is C19H19N3O6. The molecule has 9 nitrogen and oxygen atoms in total. The molecule has 0 unspecified atom stereocenters. The van der Waals surface area contributed by atoms with E-state index in [2.05, 4.69) is 5.32 Å². The Bertz CT molecular complexity index is 926. The largest absolute Gasteiger partial charge is 0.493 e. The Kier molecular flexibility index (Phi) is 5.44. The Labute approximate surface area is 161 Å². The van der Waals surface area contributed by atoms with E-state index >= 15 is 0 Å². The zero-order valence-corrected chi connectivity index (χ0v) is 15.4. The van der Waals surface area contributed by atoms with Crippen molar-refractivity contribution in [2.24, 2.45) is 0 Å². The van der Waals surface area contributed by atoms with Gasteiger partial charge < -0.3 is 19.7 Å². The van der Waals surface area contributed by atoms with Crippen LogP contribution < -0.4 is 19.7 Å². The van der Waals surface area contributed by atoms with Crippen molar-refractivity contribution >= 4 is 28.9 Å². The molecule has 0 atom stereocenters. The van der Waals surface area contributed by atoms with Gasteiger partial charge in [-0.3, -0.25) is 19.7 Å². The van der Waals surface area contributed by atoms with E-state index in [0.29, 0.717) is 18.7 Å². The predicted octanol–water partition coefficient (Wildman–Crippen LogP) is 2.99. The Morgan fingerprint density at radius 3 is 2.32 bits per heavy atom. The van der Waals surface area contributed by atoms with Crippen LogP contribution in [0.2, 0.25) is 0 Å². The second-order valence-electron chi connectivity index (χ2n) is 6.13. The lowest BCUT2D eigenvalue weighted by atomic mass is 10.1. The summed E-state index contributed by atoms with van der Waals surface area (Å²) in [5.41, 5.74) is 0.651. The van der Waals surface area contributed by atoms with Gasteiger partial charge in [0.25, 0.3) is 11.6 Å². The number of hydrogen-bond acceptors (Lipinski definition) is 6. The number of ether oxygens (including phenoxy) is 2. The number of amides is 2. The lowest BCUT2D eigenvalue weighted by Crippen LogP contribution is -2.23. The van der Waals surface area contributed by atoms with Crippen molar-refractivity contribution < 1.29 is 24.0 Å². The number of methoxy groups -OCH3 is 2. The van der Waals surface area contributed by atoms with Crippen LogP contribution in [0.4, 0.5) is 17.1 Å². The van der Waals surface area contributed by atoms with Crippen molar-refractivity contribution in [1.82, 2.24) is 0 Å². The molecule has 0 radical (unpaired) electrons. The summed E-state index contributed by atoms with van der Waals surface area (Å²) in [5.74, 6) is -0.220. The molecule has 1 fully saturated rings. The van der Waals surface area contributed by atoms with Crippen LogP contribution in [0.25, 0.3) is 0 Å². The second kappa shape index (κ2) is 7.95. The number of carbonyl (C=O) groups is 2. The van der Waals surface area contributed by atoms with E-state index in [4.69, 9.17) is 9.47 Å². The lowest BCUT2D eigenvalue weighted by Gasteiger charge is -2.16. The van der Waals surface area contributed by atoms with E-state index in [1.165, 1.54) is 20.3 Å². The zero-order valence-electron chi connectivity index (χ0n) is 15.4. The number of carbonyl (C=O) groups excluding carboxylic acids is 2. The molecule has 1 aliphatic rings. The van der Waals surface area contributed by atoms with Gasteiger partial charge in [-0.1, -0.05) is 0 Å². The molecule has 0 aromatic heterocycles. The minimum absolute atomic E-state index is 0.0674. The van der Waals surface area contributed by atoms with Crippen LogP contribution in [0.3, 0.4) is 0 Å². The third kappa shape index (κ3) is 3.73. The maximum atomic E-state index is 12.6. The Hall–Kier alpha value is -3.62. The highest BCUT2D eigenvalue weighted by atomic mass is 16.6. The van der Waals surface area contributed by atoms with Crippen molar-refractivity contribution in [3.8, 4) is 11.5 Å². The number of nitrogens with zero attached hydrogens (tertiary/aromatic N) is 2. The smallest absolute Gasteiger partial charge is 0.286 e. The number of anilines is 2. The molecule has 0 bridgehead atoms. The van der Waals surface area contributed by atoms with Gasteiger partial charge in [-0.25, -0.2) is 0 Å². The molecular weight excluding hydrogens is 366 g/mol. The van der Waals surface area contributed by atoms with Crippen LogP contribution in [-0.4, -0.2) is 37.5 Å². The fourth-order valence-electron chi connectivity index (χ4n) is 3.05. The Morgan fingerprint density at radius 2 is 1.79 bits per heavy atom. The third-order valence-electron chi connectivity index (χ3n) is 4.45. The van der Waals surface area contributed by atoms with E-state index in [1.54, 1.807) is 29.2 Å². The topological polar surface area (TPSA) is 111 Å². The number of benzene rings is 2. The van der Waals surface area contributed by atoms with E-state index in [0.717, 1.165) is 18.2 Å². The van der Waals surface area contributed by atoms with E-state index in [9.17, 15) is 19.7 Å². The second-order valence-corrected chi connectivity index (χ2v) is 6.13. The van der Waals surface area contributed by atoms with Crippen molar-refractivity contribution in [2.45, 2.75) is 12.8 Å². The molecule has 146 valence electrons. The molecule has 28 heavy (non-hydrogen) atoms. The first kappa shape index (κ1) is 19.2. The van der Waals surface area contributed by atoms with Crippen molar-refractivity contribution in [1.29, 1.82) is 0 Å². The highest BCUT2D eigenvalue weighted by Crippen LogP contribution is 2.35. The molecule has 3 rings (SSSR count). The molecule has 2 aromatic rings. The minimum atomic E-state index is -0.655. The van der Waals surface area contributed by atoms with Gasteiger partial charge in [-0.15, -0.1) is 0 Å². The highest BCUT2D eigenvalue weighted by molar-refractivity contribution is 6.07. The van der Waals surface area contributed by atoms with Gasteiger partial charge in [0.15, 0.2) is 11.5 Å². The molecule has 9 heteroatoms. The van der Waals surface area contributed by atoms with Gasteiger partial charge in [0, 0.05) is 30.4 Å². The quantitative estimate of drug-likeness (QED) is 0.604. The first-order chi connectivity index (χ1) is 13.4. The highest BCUT2D eigenvalue weighted by Gasteiger charge is 2.25. The van der Waals surface area contributed by atoms with Crippen molar-refractivity contribution in [3.63, 3.8) is 0 Å². The number of nitro groups is 1. The number of nitrogens with one attached hydrogen (secondary N) is 1. The maximum absolute atomic E-state index is 12.6. The standard InChI is InChI=1S/C19H19N3O6/c1-27-16-10-14(15(22(25)26)11-17(16)28-2)19(24)20-12-5-7-13(8-6-12)21-9-3-4-18(21)23/h5-8,10-11H,3-4,9H2,1-2H3,(H,20,24). The van der Waals surface area contributed by atoms with E-state index < -0.39 is 16.5 Å². The van der Waals surface area contributed by atoms with E-state index in [1.807, 2.05) is 0 Å². The molecule has 0 aliphatic carbocycles. The number of rotatable bonds is 6. The van der Waals surface area contributed by atoms with Gasteiger partial charge in [-0.05, 0) is 30.7 Å². The lowest BCUT2D eigenvalue weighted by molar-refractivity contribution is -0.385. The Balaban J connectivity index is 1.84. The summed E-state index contributed by atoms with van der Waals surface area (Å²) in [6.07, 6.45) is 1.35. The molecule has 0 saturated carbocycles. The molecule has 1 N–H and O–H groups in total. The first-order valence-corrected chi connectivity index (χ1v) is 8.56. The van der Waals surface area contributed by atoms with Crippen LogP contribution in [0.1, 0.15) is 23.2 Å². The summed E-state index contributed by atoms with van der Waals surface area (Å²) in [6, 6.07) is 9.15. The van der Waals surface area contributed by atoms with Gasteiger partial charge in [-0.2, -0.15) is 0 Å². The number of nitro benzene ring substituents is 1. The summed E-state index contributed by atoms with van der Waals surface area (Å²) in [4.78, 5) is 36.8. The summed E-state index contributed by atoms with van der Waals surface area (Å²) in [6.45, 7) is 0.669. The van der Waals surface area contributed by atoms with Crippen LogP contribution >= 0.6 is 0 Å². The number of hydrogen-bond donors (Lipinski definition) is 1. The van der Waals surface area contributed by atoms with Crippen LogP contribution in [-0.2, 0) is 4.79 Å². The predicted molar refractivity (Wildman–Crippen MR) is 102 cm³/mol. The molecule has 1 aliphatic heterocycles. The monoisotopic (exact) mass is 385 g/mol. The molecule has 2 amide bonds. The normalized spacial score (nSPS) is 13.4. The van der Waals surface area contributed by atoms with Crippen LogP contribution in [0.15, 0.2) is 36.4 Å². The fraction of sp³-hybridized carbons (Fsp3) is 0.263. The average molecular weight is 385 g/mol. The zero-order chi connectivity index (χ0) is 20.3. The van der Waals surface area contributed by atoms with Crippen molar-refractivity contribution in [2.75, 3.05) is 31.0 Å². The van der Waals surface area contributed by atoms with Gasteiger partial charge in [0.2, 0.25) is 5.91 Å². The third-order valence-corrected chi connectivity index (χ3v) is 4.45. The summed E-state index contributed by atoms with van der Waals surface area (Å²) < 4.78 is 10.2. The van der Waals surface area contributed by atoms with Gasteiger partial charge in [0.05, 0.1) is 25.2 Å². The summed E-state index contributed by atoms with van der Waals surface area (Å²) in [5, 5.41) is 14.0. The van der Waals surface area contributed by atoms with E-state index in [-0.39, 0.29) is 23.0 Å². The summed E-state index contributed by atoms with van der Waals surface area (Å²) in [7, 11) is 2.73. The molecule has 0 spiro atoms. The van der Waals surface area contributed by atoms with Crippen LogP contribution in [0, 0.1) is 10.1 Å². The average Bonchev–Trinajstić information content (AvgIpc) is 3.13. The Morgan fingerprint density at radius 1 is 1.14 bits per heavy atom. The first-order valence-electron chi connectivity index (χ1n) is 8.56.